The lowest BCUT2D eigenvalue weighted by Gasteiger charge is -2.18. The molecular weight excluding hydrogens is 384 g/mol. The highest BCUT2D eigenvalue weighted by molar-refractivity contribution is 7.86. The number of aliphatic imine (C=N–C) groups is 1. The van der Waals surface area contributed by atoms with E-state index in [-0.39, 0.29) is 16.8 Å². The lowest BCUT2D eigenvalue weighted by Crippen LogP contribution is -2.39. The van der Waals surface area contributed by atoms with Crippen LogP contribution in [0.1, 0.15) is 68.0 Å². The van der Waals surface area contributed by atoms with E-state index in [4.69, 9.17) is 4.74 Å². The summed E-state index contributed by atoms with van der Waals surface area (Å²) in [6.07, 6.45) is 0. The van der Waals surface area contributed by atoms with Crippen LogP contribution in [0, 0.1) is 6.92 Å². The second-order valence-corrected chi connectivity index (χ2v) is 10.3. The molecule has 9 heteroatoms. The van der Waals surface area contributed by atoms with E-state index in [9.17, 15) is 9.00 Å². The van der Waals surface area contributed by atoms with E-state index < -0.39 is 10.8 Å². The molecular formula is C18H32N4O3S2. The zero-order valence-electron chi connectivity index (χ0n) is 17.3. The van der Waals surface area contributed by atoms with Gasteiger partial charge in [0.25, 0.3) is 0 Å². The minimum atomic E-state index is -0.938. The zero-order valence-corrected chi connectivity index (χ0v) is 19.0. The lowest BCUT2D eigenvalue weighted by atomic mass is 10.3. The number of carbonyl (C=O) groups excluding carboxylic acids is 1. The van der Waals surface area contributed by atoms with Crippen molar-refractivity contribution < 1.29 is 13.7 Å². The molecule has 2 unspecified atom stereocenters. The predicted molar refractivity (Wildman–Crippen MR) is 113 cm³/mol. The molecule has 2 N–H and O–H groups in total. The van der Waals surface area contributed by atoms with Crippen LogP contribution in [0.15, 0.2) is 4.99 Å². The highest BCUT2D eigenvalue weighted by Gasteiger charge is 2.21. The van der Waals surface area contributed by atoms with Crippen molar-refractivity contribution in [1.29, 1.82) is 0 Å². The molecule has 0 aromatic carbocycles. The van der Waals surface area contributed by atoms with Crippen LogP contribution in [0.25, 0.3) is 0 Å². The Hall–Kier alpha value is -1.48. The quantitative estimate of drug-likeness (QED) is 0.385. The van der Waals surface area contributed by atoms with Crippen molar-refractivity contribution in [2.75, 3.05) is 25.4 Å². The first-order chi connectivity index (χ1) is 12.6. The Labute approximate surface area is 168 Å². The fraction of sp³-hybridized carbons (Fsp3) is 0.722. The summed E-state index contributed by atoms with van der Waals surface area (Å²) in [5.74, 6) is 0.815. The highest BCUT2D eigenvalue weighted by Crippen LogP contribution is 2.24. The van der Waals surface area contributed by atoms with E-state index >= 15 is 0 Å². The van der Waals surface area contributed by atoms with Crippen molar-refractivity contribution >= 4 is 34.1 Å². The van der Waals surface area contributed by atoms with Crippen molar-refractivity contribution in [3.63, 3.8) is 0 Å². The Morgan fingerprint density at radius 3 is 2.59 bits per heavy atom. The number of aryl methyl sites for hydroxylation is 1. The molecule has 0 aliphatic carbocycles. The van der Waals surface area contributed by atoms with Gasteiger partial charge in [-0.3, -0.25) is 9.20 Å². The summed E-state index contributed by atoms with van der Waals surface area (Å²) in [5.41, 5.74) is 0.671. The minimum Gasteiger partial charge on any atom is -0.462 e. The van der Waals surface area contributed by atoms with Gasteiger partial charge in [-0.1, -0.05) is 0 Å². The molecule has 7 nitrogen and oxygen atoms in total. The van der Waals surface area contributed by atoms with Gasteiger partial charge in [-0.25, -0.2) is 9.78 Å². The molecule has 0 fully saturated rings. The van der Waals surface area contributed by atoms with E-state index in [1.807, 2.05) is 34.6 Å². The van der Waals surface area contributed by atoms with Gasteiger partial charge in [0.05, 0.1) is 24.9 Å². The van der Waals surface area contributed by atoms with Gasteiger partial charge in [-0.05, 0) is 48.5 Å². The Bertz CT molecular complexity index is 681. The molecule has 0 radical (unpaired) electrons. The number of guanidine groups is 1. The van der Waals surface area contributed by atoms with Crippen LogP contribution in [0.4, 0.5) is 0 Å². The normalized spacial score (nSPS) is 14.6. The number of carbonyl (C=O) groups is 1. The first-order valence-corrected chi connectivity index (χ1v) is 11.3. The number of thiazole rings is 1. The molecule has 0 saturated carbocycles. The molecule has 27 heavy (non-hydrogen) atoms. The maximum Gasteiger partial charge on any atom is 0.350 e. The standard InChI is InChI=1S/C18H32N4O3S2/c1-8-19-17(20-10-11-27(24)18(5,6)7)22-13(4)15-21-12(3)14(26-15)16(23)25-9-2/h13H,8-11H2,1-7H3,(H2,19,20,22). The van der Waals surface area contributed by atoms with Gasteiger partial charge in [0, 0.05) is 27.8 Å². The number of hydrogen-bond acceptors (Lipinski definition) is 6. The number of ether oxygens (including phenoxy) is 1. The lowest BCUT2D eigenvalue weighted by molar-refractivity contribution is 0.0531. The molecule has 2 atom stereocenters. The van der Waals surface area contributed by atoms with Gasteiger partial charge in [0.2, 0.25) is 0 Å². The molecule has 0 amide bonds. The van der Waals surface area contributed by atoms with Crippen LogP contribution in [-0.2, 0) is 15.5 Å². The molecule has 0 aliphatic rings. The summed E-state index contributed by atoms with van der Waals surface area (Å²) in [5, 5.41) is 7.27. The number of rotatable bonds is 8. The largest absolute Gasteiger partial charge is 0.462 e. The molecule has 0 aliphatic heterocycles. The maximum atomic E-state index is 12.2. The maximum absolute atomic E-state index is 12.2. The summed E-state index contributed by atoms with van der Waals surface area (Å²) in [6.45, 7) is 15.0. The Morgan fingerprint density at radius 1 is 1.37 bits per heavy atom. The Balaban J connectivity index is 2.79. The average molecular weight is 417 g/mol. The van der Waals surface area contributed by atoms with Gasteiger partial charge in [-0.2, -0.15) is 0 Å². The van der Waals surface area contributed by atoms with Crippen LogP contribution < -0.4 is 10.6 Å². The molecule has 0 bridgehead atoms. The van der Waals surface area contributed by atoms with Gasteiger partial charge < -0.3 is 15.4 Å². The summed E-state index contributed by atoms with van der Waals surface area (Å²) in [6, 6.07) is -0.122. The molecule has 1 rings (SSSR count). The van der Waals surface area contributed by atoms with Gasteiger partial charge >= 0.3 is 5.97 Å². The molecule has 1 heterocycles. The number of nitrogens with zero attached hydrogens (tertiary/aromatic N) is 2. The molecule has 1 aromatic rings. The van der Waals surface area contributed by atoms with Crippen LogP contribution in [-0.4, -0.2) is 51.3 Å². The second-order valence-electron chi connectivity index (χ2n) is 6.98. The van der Waals surface area contributed by atoms with Crippen LogP contribution in [0.5, 0.6) is 0 Å². The second kappa shape index (κ2) is 10.8. The number of hydrogen-bond donors (Lipinski definition) is 2. The third-order valence-corrected chi connectivity index (χ3v) is 6.81. The van der Waals surface area contributed by atoms with Crippen LogP contribution in [0.2, 0.25) is 0 Å². The smallest absolute Gasteiger partial charge is 0.350 e. The summed E-state index contributed by atoms with van der Waals surface area (Å²) >= 11 is 1.33. The van der Waals surface area contributed by atoms with Crippen molar-refractivity contribution in [3.05, 3.63) is 15.6 Å². The zero-order chi connectivity index (χ0) is 20.6. The third kappa shape index (κ3) is 7.57. The van der Waals surface area contributed by atoms with Gasteiger partial charge in [0.1, 0.15) is 9.88 Å². The molecule has 0 saturated heterocycles. The fourth-order valence-electron chi connectivity index (χ4n) is 2.12. The van der Waals surface area contributed by atoms with Crippen LogP contribution >= 0.6 is 11.3 Å². The first-order valence-electron chi connectivity index (χ1n) is 9.17. The minimum absolute atomic E-state index is 0.122. The molecule has 0 spiro atoms. The van der Waals surface area contributed by atoms with E-state index in [1.165, 1.54) is 11.3 Å². The van der Waals surface area contributed by atoms with Crippen LogP contribution in [0.3, 0.4) is 0 Å². The number of aromatic nitrogens is 1. The number of nitrogens with one attached hydrogen (secondary N) is 2. The summed E-state index contributed by atoms with van der Waals surface area (Å²) < 4.78 is 17.0. The van der Waals surface area contributed by atoms with Crippen molar-refractivity contribution in [3.8, 4) is 0 Å². The number of esters is 1. The predicted octanol–water partition coefficient (Wildman–Crippen LogP) is 2.79. The van der Waals surface area contributed by atoms with E-state index in [0.29, 0.717) is 42.0 Å². The SMILES string of the molecule is CCNC(=NCCS(=O)C(C)(C)C)NC(C)c1nc(C)c(C(=O)OCC)s1. The Morgan fingerprint density at radius 2 is 2.04 bits per heavy atom. The van der Waals surface area contributed by atoms with Crippen molar-refractivity contribution in [2.45, 2.75) is 59.3 Å². The van der Waals surface area contributed by atoms with E-state index in [2.05, 4.69) is 20.6 Å². The summed E-state index contributed by atoms with van der Waals surface area (Å²) in [4.78, 5) is 21.5. The monoisotopic (exact) mass is 416 g/mol. The third-order valence-electron chi connectivity index (χ3n) is 3.57. The van der Waals surface area contributed by atoms with Crippen molar-refractivity contribution in [2.24, 2.45) is 4.99 Å². The highest BCUT2D eigenvalue weighted by atomic mass is 32.2. The average Bonchev–Trinajstić information content (AvgIpc) is 2.96. The van der Waals surface area contributed by atoms with E-state index in [1.54, 1.807) is 13.8 Å². The van der Waals surface area contributed by atoms with Crippen molar-refractivity contribution in [1.82, 2.24) is 15.6 Å². The molecule has 1 aromatic heterocycles. The Kier molecular flexibility index (Phi) is 9.38. The summed E-state index contributed by atoms with van der Waals surface area (Å²) in [7, 11) is -0.938. The molecule has 154 valence electrons. The van der Waals surface area contributed by atoms with E-state index in [0.717, 1.165) is 5.01 Å². The van der Waals surface area contributed by atoms with Gasteiger partial charge in [0.15, 0.2) is 5.96 Å². The first kappa shape index (κ1) is 23.6. The fourth-order valence-corrected chi connectivity index (χ4v) is 3.95. The van der Waals surface area contributed by atoms with Gasteiger partial charge in [-0.15, -0.1) is 11.3 Å². The topological polar surface area (TPSA) is 92.7 Å².